The van der Waals surface area contributed by atoms with Crippen LogP contribution in [0.4, 0.5) is 10.1 Å². The van der Waals surface area contributed by atoms with Crippen molar-refractivity contribution < 1.29 is 14.0 Å². The molecule has 2 N–H and O–H groups in total. The first-order chi connectivity index (χ1) is 10.9. The van der Waals surface area contributed by atoms with E-state index in [9.17, 15) is 14.0 Å². The van der Waals surface area contributed by atoms with Gasteiger partial charge < -0.3 is 10.6 Å². The number of anilines is 1. The van der Waals surface area contributed by atoms with E-state index in [-0.39, 0.29) is 18.0 Å². The molecule has 4 nitrogen and oxygen atoms in total. The number of carbonyl (C=O) groups is 2. The molecule has 2 aromatic carbocycles. The van der Waals surface area contributed by atoms with Gasteiger partial charge in [-0.15, -0.1) is 0 Å². The third-order valence-electron chi connectivity index (χ3n) is 3.13. The van der Waals surface area contributed by atoms with Gasteiger partial charge in [0.05, 0.1) is 10.0 Å². The predicted octanol–water partition coefficient (Wildman–Crippen LogP) is 3.65. The average Bonchev–Trinajstić information content (AvgIpc) is 2.51. The van der Waals surface area contributed by atoms with Gasteiger partial charge in [0.25, 0.3) is 5.91 Å². The molecule has 2 rings (SSSR count). The molecule has 7 heteroatoms. The molecule has 120 valence electrons. The van der Waals surface area contributed by atoms with E-state index in [0.29, 0.717) is 16.3 Å². The van der Waals surface area contributed by atoms with Gasteiger partial charge in [-0.25, -0.2) is 4.39 Å². The van der Waals surface area contributed by atoms with Crippen molar-refractivity contribution in [2.75, 3.05) is 11.4 Å². The molecule has 0 aromatic heterocycles. The number of primary amides is 1. The number of hydrogen-bond donors (Lipinski definition) is 1. The van der Waals surface area contributed by atoms with E-state index >= 15 is 0 Å². The van der Waals surface area contributed by atoms with Crippen molar-refractivity contribution in [3.05, 3.63) is 63.9 Å². The number of benzene rings is 2. The van der Waals surface area contributed by atoms with Crippen LogP contribution in [-0.2, 0) is 4.79 Å². The Morgan fingerprint density at radius 3 is 2.26 bits per heavy atom. The van der Waals surface area contributed by atoms with Crippen LogP contribution < -0.4 is 10.6 Å². The Kier molecular flexibility index (Phi) is 5.58. The molecule has 0 radical (unpaired) electrons. The molecule has 2 amide bonds. The molecule has 0 spiro atoms. The quantitative estimate of drug-likeness (QED) is 0.890. The van der Waals surface area contributed by atoms with E-state index in [4.69, 9.17) is 28.9 Å². The Hall–Kier alpha value is -2.11. The van der Waals surface area contributed by atoms with Crippen LogP contribution in [-0.4, -0.2) is 18.4 Å². The van der Waals surface area contributed by atoms with E-state index in [1.807, 2.05) is 0 Å². The zero-order chi connectivity index (χ0) is 17.0. The first-order valence-electron chi connectivity index (χ1n) is 6.69. The van der Waals surface area contributed by atoms with Crippen molar-refractivity contribution in [1.82, 2.24) is 0 Å². The number of hydrogen-bond acceptors (Lipinski definition) is 2. The molecule has 23 heavy (non-hydrogen) atoms. The summed E-state index contributed by atoms with van der Waals surface area (Å²) in [6.45, 7) is 0.0695. The molecular weight excluding hydrogens is 342 g/mol. The van der Waals surface area contributed by atoms with Crippen molar-refractivity contribution in [3.63, 3.8) is 0 Å². The van der Waals surface area contributed by atoms with Crippen LogP contribution in [0, 0.1) is 5.82 Å². The van der Waals surface area contributed by atoms with Gasteiger partial charge in [-0.3, -0.25) is 9.59 Å². The third-order valence-corrected chi connectivity index (χ3v) is 3.87. The molecule has 0 saturated heterocycles. The number of amides is 2. The van der Waals surface area contributed by atoms with Crippen LogP contribution in [0.1, 0.15) is 16.8 Å². The number of nitrogens with two attached hydrogens (primary N) is 1. The van der Waals surface area contributed by atoms with Crippen LogP contribution in [0.15, 0.2) is 42.5 Å². The number of halogens is 3. The van der Waals surface area contributed by atoms with Crippen LogP contribution in [0.3, 0.4) is 0 Å². The lowest BCUT2D eigenvalue weighted by Crippen LogP contribution is -2.34. The van der Waals surface area contributed by atoms with Gasteiger partial charge in [-0.1, -0.05) is 23.2 Å². The smallest absolute Gasteiger partial charge is 0.258 e. The van der Waals surface area contributed by atoms with Crippen LogP contribution in [0.2, 0.25) is 10.0 Å². The Labute approximate surface area is 142 Å². The SMILES string of the molecule is NC(=O)CCN(C(=O)c1ccc(Cl)c(Cl)c1)c1ccc(F)cc1. The van der Waals surface area contributed by atoms with Crippen LogP contribution >= 0.6 is 23.2 Å². The largest absolute Gasteiger partial charge is 0.370 e. The molecule has 0 saturated carbocycles. The van der Waals surface area contributed by atoms with Crippen molar-refractivity contribution in [3.8, 4) is 0 Å². The monoisotopic (exact) mass is 354 g/mol. The van der Waals surface area contributed by atoms with Gasteiger partial charge in [-0.05, 0) is 42.5 Å². The number of carbonyl (C=O) groups excluding carboxylic acids is 2. The highest BCUT2D eigenvalue weighted by Gasteiger charge is 2.19. The minimum Gasteiger partial charge on any atom is -0.370 e. The van der Waals surface area contributed by atoms with Crippen molar-refractivity contribution >= 4 is 40.7 Å². The molecule has 2 aromatic rings. The Balaban J connectivity index is 2.35. The fourth-order valence-electron chi connectivity index (χ4n) is 1.98. The van der Waals surface area contributed by atoms with Gasteiger partial charge in [0.1, 0.15) is 5.82 Å². The minimum absolute atomic E-state index is 0.0234. The Bertz CT molecular complexity index is 735. The summed E-state index contributed by atoms with van der Waals surface area (Å²) in [4.78, 5) is 25.1. The summed E-state index contributed by atoms with van der Waals surface area (Å²) in [6.07, 6.45) is -0.0234. The van der Waals surface area contributed by atoms with Gasteiger partial charge >= 0.3 is 0 Å². The fraction of sp³-hybridized carbons (Fsp3) is 0.125. The van der Waals surface area contributed by atoms with E-state index in [2.05, 4.69) is 0 Å². The lowest BCUT2D eigenvalue weighted by Gasteiger charge is -2.22. The van der Waals surface area contributed by atoms with E-state index in [0.717, 1.165) is 0 Å². The highest BCUT2D eigenvalue weighted by Crippen LogP contribution is 2.25. The van der Waals surface area contributed by atoms with E-state index in [1.54, 1.807) is 0 Å². The van der Waals surface area contributed by atoms with Crippen molar-refractivity contribution in [2.45, 2.75) is 6.42 Å². The number of nitrogens with zero attached hydrogens (tertiary/aromatic N) is 1. The van der Waals surface area contributed by atoms with E-state index < -0.39 is 17.6 Å². The maximum atomic E-state index is 13.1. The second kappa shape index (κ2) is 7.44. The highest BCUT2D eigenvalue weighted by molar-refractivity contribution is 6.42. The molecule has 0 bridgehead atoms. The lowest BCUT2D eigenvalue weighted by atomic mass is 10.1. The maximum Gasteiger partial charge on any atom is 0.258 e. The lowest BCUT2D eigenvalue weighted by molar-refractivity contribution is -0.117. The zero-order valence-corrected chi connectivity index (χ0v) is 13.4. The summed E-state index contributed by atoms with van der Waals surface area (Å²) < 4.78 is 13.1. The molecule has 0 aliphatic rings. The average molecular weight is 355 g/mol. The molecule has 0 fully saturated rings. The van der Waals surface area contributed by atoms with Crippen LogP contribution in [0.5, 0.6) is 0 Å². The fourth-order valence-corrected chi connectivity index (χ4v) is 2.27. The van der Waals surface area contributed by atoms with E-state index in [1.165, 1.54) is 47.4 Å². The molecule has 0 aliphatic carbocycles. The van der Waals surface area contributed by atoms with Gasteiger partial charge in [0, 0.05) is 24.2 Å². The van der Waals surface area contributed by atoms with Crippen LogP contribution in [0.25, 0.3) is 0 Å². The normalized spacial score (nSPS) is 10.4. The van der Waals surface area contributed by atoms with Crippen molar-refractivity contribution in [2.24, 2.45) is 5.73 Å². The highest BCUT2D eigenvalue weighted by atomic mass is 35.5. The first kappa shape index (κ1) is 17.2. The minimum atomic E-state index is -0.543. The summed E-state index contributed by atoms with van der Waals surface area (Å²) in [7, 11) is 0. The summed E-state index contributed by atoms with van der Waals surface area (Å²) in [6, 6.07) is 9.83. The van der Waals surface area contributed by atoms with Crippen molar-refractivity contribution in [1.29, 1.82) is 0 Å². The summed E-state index contributed by atoms with van der Waals surface area (Å²) in [5.74, 6) is -1.36. The molecule has 0 atom stereocenters. The molecule has 0 unspecified atom stereocenters. The zero-order valence-electron chi connectivity index (χ0n) is 11.9. The number of rotatable bonds is 5. The Morgan fingerprint density at radius 1 is 1.04 bits per heavy atom. The summed E-state index contributed by atoms with van der Waals surface area (Å²) in [5.41, 5.74) is 5.90. The van der Waals surface area contributed by atoms with Gasteiger partial charge in [-0.2, -0.15) is 0 Å². The molecule has 0 heterocycles. The molecule has 0 aliphatic heterocycles. The topological polar surface area (TPSA) is 63.4 Å². The third kappa shape index (κ3) is 4.43. The second-order valence-electron chi connectivity index (χ2n) is 4.78. The Morgan fingerprint density at radius 2 is 1.70 bits per heavy atom. The first-order valence-corrected chi connectivity index (χ1v) is 7.45. The van der Waals surface area contributed by atoms with Gasteiger partial charge in [0.2, 0.25) is 5.91 Å². The summed E-state index contributed by atoms with van der Waals surface area (Å²) >= 11 is 11.8. The predicted molar refractivity (Wildman–Crippen MR) is 88.3 cm³/mol. The molecular formula is C16H13Cl2FN2O2. The standard InChI is InChI=1S/C16H13Cl2FN2O2/c17-13-6-1-10(9-14(13)18)16(23)21(8-7-15(20)22)12-4-2-11(19)3-5-12/h1-6,9H,7-8H2,(H2,20,22). The second-order valence-corrected chi connectivity index (χ2v) is 5.59. The van der Waals surface area contributed by atoms with Gasteiger partial charge in [0.15, 0.2) is 0 Å². The summed E-state index contributed by atoms with van der Waals surface area (Å²) in [5, 5.41) is 0.570. The maximum absolute atomic E-state index is 13.1.